The largest absolute Gasteiger partial charge is 0.497 e. The molecular weight excluding hydrogens is 272 g/mol. The number of methoxy groups -OCH3 is 1. The lowest BCUT2D eigenvalue weighted by molar-refractivity contribution is -0.114. The Balaban J connectivity index is 2.19. The van der Waals surface area contributed by atoms with Crippen molar-refractivity contribution < 1.29 is 9.53 Å². The summed E-state index contributed by atoms with van der Waals surface area (Å²) >= 11 is 1.37. The van der Waals surface area contributed by atoms with E-state index in [-0.39, 0.29) is 5.91 Å². The normalized spacial score (nSPS) is 9.55. The molecule has 0 unspecified atom stereocenters. The number of amides is 1. The van der Waals surface area contributed by atoms with Gasteiger partial charge in [0.05, 0.1) is 12.8 Å². The summed E-state index contributed by atoms with van der Waals surface area (Å²) < 4.78 is 5.10. The molecule has 0 radical (unpaired) electrons. The summed E-state index contributed by atoms with van der Waals surface area (Å²) in [6.45, 7) is 3.33. The second-order valence-electron chi connectivity index (χ2n) is 4.09. The Morgan fingerprint density at radius 3 is 2.60 bits per heavy atom. The fourth-order valence-corrected chi connectivity index (χ4v) is 2.39. The molecule has 0 spiro atoms. The van der Waals surface area contributed by atoms with Gasteiger partial charge in [-0.25, -0.2) is 4.98 Å². The zero-order valence-electron chi connectivity index (χ0n) is 11.5. The minimum absolute atomic E-state index is 0.131. The van der Waals surface area contributed by atoms with Gasteiger partial charge in [0.15, 0.2) is 5.13 Å². The standard InChI is InChI=1S/C15H14N2O2S/c1-10-14(20-15(16-10)17-11(2)18)9-6-12-4-7-13(19-3)8-5-12/h4-5,7-8H,1-3H3,(H,16,17,18). The van der Waals surface area contributed by atoms with E-state index in [1.54, 1.807) is 7.11 Å². The van der Waals surface area contributed by atoms with Gasteiger partial charge in [-0.15, -0.1) is 0 Å². The molecule has 0 bridgehead atoms. The molecule has 4 nitrogen and oxygen atoms in total. The molecule has 0 fully saturated rings. The predicted molar refractivity (Wildman–Crippen MR) is 80.1 cm³/mol. The Morgan fingerprint density at radius 1 is 1.30 bits per heavy atom. The topological polar surface area (TPSA) is 51.2 Å². The lowest BCUT2D eigenvalue weighted by Gasteiger charge is -1.97. The number of nitrogens with zero attached hydrogens (tertiary/aromatic N) is 1. The molecule has 2 aromatic rings. The van der Waals surface area contributed by atoms with Crippen LogP contribution < -0.4 is 10.1 Å². The van der Waals surface area contributed by atoms with Gasteiger partial charge in [0, 0.05) is 12.5 Å². The number of hydrogen-bond donors (Lipinski definition) is 1. The van der Waals surface area contributed by atoms with Crippen LogP contribution in [0.15, 0.2) is 24.3 Å². The van der Waals surface area contributed by atoms with Gasteiger partial charge in [0.25, 0.3) is 0 Å². The van der Waals surface area contributed by atoms with Gasteiger partial charge in [-0.05, 0) is 37.1 Å². The number of carbonyl (C=O) groups excluding carboxylic acids is 1. The second kappa shape index (κ2) is 6.22. The summed E-state index contributed by atoms with van der Waals surface area (Å²) in [6.07, 6.45) is 0. The first-order valence-corrected chi connectivity index (χ1v) is 6.81. The molecule has 0 aliphatic heterocycles. The highest BCUT2D eigenvalue weighted by Gasteiger charge is 2.06. The van der Waals surface area contributed by atoms with Crippen molar-refractivity contribution in [3.8, 4) is 17.6 Å². The average molecular weight is 286 g/mol. The fourth-order valence-electron chi connectivity index (χ4n) is 1.52. The number of thiazole rings is 1. The zero-order valence-corrected chi connectivity index (χ0v) is 12.3. The Bertz CT molecular complexity index is 678. The van der Waals surface area contributed by atoms with Gasteiger partial charge in [-0.2, -0.15) is 0 Å². The van der Waals surface area contributed by atoms with Crippen LogP contribution in [0, 0.1) is 18.8 Å². The van der Waals surface area contributed by atoms with Crippen molar-refractivity contribution in [3.63, 3.8) is 0 Å². The van der Waals surface area contributed by atoms with Gasteiger partial charge >= 0.3 is 0 Å². The van der Waals surface area contributed by atoms with Gasteiger partial charge in [0.2, 0.25) is 5.91 Å². The number of rotatable bonds is 2. The number of carbonyl (C=O) groups is 1. The minimum atomic E-state index is -0.131. The van der Waals surface area contributed by atoms with Crippen molar-refractivity contribution in [2.24, 2.45) is 0 Å². The average Bonchev–Trinajstić information content (AvgIpc) is 2.76. The monoisotopic (exact) mass is 286 g/mol. The summed E-state index contributed by atoms with van der Waals surface area (Å²) in [6, 6.07) is 7.53. The lowest BCUT2D eigenvalue weighted by atomic mass is 10.2. The quantitative estimate of drug-likeness (QED) is 0.864. The van der Waals surface area contributed by atoms with Crippen molar-refractivity contribution >= 4 is 22.4 Å². The number of nitrogens with one attached hydrogen (secondary N) is 1. The van der Waals surface area contributed by atoms with E-state index in [0.717, 1.165) is 21.9 Å². The maximum atomic E-state index is 11.0. The molecule has 102 valence electrons. The smallest absolute Gasteiger partial charge is 0.223 e. The summed E-state index contributed by atoms with van der Waals surface area (Å²) in [5.41, 5.74) is 1.72. The van der Waals surface area contributed by atoms with Crippen LogP contribution in [0.4, 0.5) is 5.13 Å². The van der Waals surface area contributed by atoms with Crippen LogP contribution in [-0.2, 0) is 4.79 Å². The molecular formula is C15H14N2O2S. The van der Waals surface area contributed by atoms with E-state index in [4.69, 9.17) is 4.74 Å². The van der Waals surface area contributed by atoms with E-state index in [1.807, 2.05) is 31.2 Å². The molecule has 1 amide bonds. The summed E-state index contributed by atoms with van der Waals surface area (Å²) in [7, 11) is 1.63. The van der Waals surface area contributed by atoms with E-state index in [0.29, 0.717) is 5.13 Å². The van der Waals surface area contributed by atoms with Gasteiger partial charge in [-0.1, -0.05) is 17.3 Å². The molecule has 20 heavy (non-hydrogen) atoms. The number of aromatic nitrogens is 1. The van der Waals surface area contributed by atoms with Crippen LogP contribution in [0.25, 0.3) is 0 Å². The third-order valence-electron chi connectivity index (χ3n) is 2.49. The zero-order chi connectivity index (χ0) is 14.5. The first-order chi connectivity index (χ1) is 9.58. The van der Waals surface area contributed by atoms with Crippen LogP contribution >= 0.6 is 11.3 Å². The van der Waals surface area contributed by atoms with Crippen molar-refractivity contribution in [2.45, 2.75) is 13.8 Å². The van der Waals surface area contributed by atoms with E-state index in [2.05, 4.69) is 22.1 Å². The maximum absolute atomic E-state index is 11.0. The highest BCUT2D eigenvalue weighted by atomic mass is 32.1. The van der Waals surface area contributed by atoms with Crippen LogP contribution in [-0.4, -0.2) is 18.0 Å². The number of benzene rings is 1. The van der Waals surface area contributed by atoms with E-state index >= 15 is 0 Å². The van der Waals surface area contributed by atoms with E-state index in [1.165, 1.54) is 18.3 Å². The molecule has 5 heteroatoms. The Kier molecular flexibility index (Phi) is 4.38. The number of aryl methyl sites for hydroxylation is 1. The Hall–Kier alpha value is -2.32. The van der Waals surface area contributed by atoms with Crippen molar-refractivity contribution in [1.29, 1.82) is 0 Å². The van der Waals surface area contributed by atoms with Crippen LogP contribution in [0.3, 0.4) is 0 Å². The summed E-state index contributed by atoms with van der Waals surface area (Å²) in [5.74, 6) is 6.82. The molecule has 0 atom stereocenters. The van der Waals surface area contributed by atoms with Crippen molar-refractivity contribution in [2.75, 3.05) is 12.4 Å². The second-order valence-corrected chi connectivity index (χ2v) is 5.09. The molecule has 1 aromatic carbocycles. The van der Waals surface area contributed by atoms with Gasteiger partial charge < -0.3 is 10.1 Å². The first kappa shape index (κ1) is 14.1. The summed E-state index contributed by atoms with van der Waals surface area (Å²) in [5, 5.41) is 3.24. The lowest BCUT2D eigenvalue weighted by Crippen LogP contribution is -2.04. The third kappa shape index (κ3) is 3.59. The number of ether oxygens (including phenoxy) is 1. The first-order valence-electron chi connectivity index (χ1n) is 5.99. The highest BCUT2D eigenvalue weighted by molar-refractivity contribution is 7.16. The van der Waals surface area contributed by atoms with Crippen molar-refractivity contribution in [1.82, 2.24) is 4.98 Å². The molecule has 1 aromatic heterocycles. The van der Waals surface area contributed by atoms with Crippen molar-refractivity contribution in [3.05, 3.63) is 40.4 Å². The van der Waals surface area contributed by atoms with Gasteiger partial charge in [0.1, 0.15) is 10.6 Å². The highest BCUT2D eigenvalue weighted by Crippen LogP contribution is 2.21. The molecule has 2 rings (SSSR count). The predicted octanol–water partition coefficient (Wildman–Crippen LogP) is 2.82. The SMILES string of the molecule is COc1ccc(C#Cc2sc(NC(C)=O)nc2C)cc1. The van der Waals surface area contributed by atoms with Crippen LogP contribution in [0.1, 0.15) is 23.1 Å². The Labute approximate surface area is 121 Å². The molecule has 0 saturated heterocycles. The molecule has 0 aliphatic carbocycles. The fraction of sp³-hybridized carbons (Fsp3) is 0.200. The maximum Gasteiger partial charge on any atom is 0.223 e. The number of anilines is 1. The Morgan fingerprint density at radius 2 is 2.00 bits per heavy atom. The van der Waals surface area contributed by atoms with Crippen LogP contribution in [0.2, 0.25) is 0 Å². The summed E-state index contributed by atoms with van der Waals surface area (Å²) in [4.78, 5) is 16.1. The molecule has 0 saturated carbocycles. The molecule has 1 N–H and O–H groups in total. The minimum Gasteiger partial charge on any atom is -0.497 e. The number of hydrogen-bond acceptors (Lipinski definition) is 4. The van der Waals surface area contributed by atoms with E-state index < -0.39 is 0 Å². The molecule has 1 heterocycles. The third-order valence-corrected chi connectivity index (χ3v) is 3.48. The van der Waals surface area contributed by atoms with Gasteiger partial charge in [-0.3, -0.25) is 4.79 Å². The molecule has 0 aliphatic rings. The van der Waals surface area contributed by atoms with Crippen LogP contribution in [0.5, 0.6) is 5.75 Å². The van der Waals surface area contributed by atoms with E-state index in [9.17, 15) is 4.79 Å².